The zero-order chi connectivity index (χ0) is 16.4. The fraction of sp³-hybridized carbons (Fsp3) is 0.688. The number of nitrogens with zero attached hydrogens (tertiary/aromatic N) is 4. The summed E-state index contributed by atoms with van der Waals surface area (Å²) in [7, 11) is 1.58. The average Bonchev–Trinajstić information content (AvgIpc) is 2.83. The van der Waals surface area contributed by atoms with Crippen molar-refractivity contribution < 1.29 is 14.6 Å². The molecule has 23 heavy (non-hydrogen) atoms. The molecule has 0 bridgehead atoms. The van der Waals surface area contributed by atoms with Gasteiger partial charge in [0.1, 0.15) is 12.1 Å². The standard InChI is InChI=1S/C16H24N4O3/c1-3-19-8-12-9-20(13-7-14(23-2)18-11-17-13)6-4-5-16(12,10-19)15(21)22/h7,11-12H,3-6,8-10H2,1-2H3,(H,21,22)/t12-,16+/m1/s1. The molecular weight excluding hydrogens is 296 g/mol. The van der Waals surface area contributed by atoms with E-state index >= 15 is 0 Å². The molecule has 3 heterocycles. The van der Waals surface area contributed by atoms with Crippen LogP contribution >= 0.6 is 0 Å². The monoisotopic (exact) mass is 320 g/mol. The third-order valence-electron chi connectivity index (χ3n) is 5.29. The molecule has 2 aliphatic rings. The zero-order valence-electron chi connectivity index (χ0n) is 13.7. The van der Waals surface area contributed by atoms with Crippen LogP contribution < -0.4 is 9.64 Å². The van der Waals surface area contributed by atoms with Gasteiger partial charge in [0.05, 0.1) is 12.5 Å². The molecule has 2 saturated heterocycles. The third-order valence-corrected chi connectivity index (χ3v) is 5.29. The van der Waals surface area contributed by atoms with E-state index in [-0.39, 0.29) is 5.92 Å². The Morgan fingerprint density at radius 3 is 3.00 bits per heavy atom. The van der Waals surface area contributed by atoms with Crippen molar-refractivity contribution in [3.05, 3.63) is 12.4 Å². The Kier molecular flexibility index (Phi) is 4.39. The van der Waals surface area contributed by atoms with E-state index in [0.29, 0.717) is 19.0 Å². The van der Waals surface area contributed by atoms with Crippen LogP contribution in [0.5, 0.6) is 5.88 Å². The number of methoxy groups -OCH3 is 1. The van der Waals surface area contributed by atoms with Gasteiger partial charge >= 0.3 is 5.97 Å². The summed E-state index contributed by atoms with van der Waals surface area (Å²) in [6.07, 6.45) is 3.07. The Hall–Kier alpha value is -1.89. The highest BCUT2D eigenvalue weighted by atomic mass is 16.5. The summed E-state index contributed by atoms with van der Waals surface area (Å²) in [5.41, 5.74) is -0.623. The van der Waals surface area contributed by atoms with Crippen molar-refractivity contribution >= 4 is 11.8 Å². The second-order valence-corrected chi connectivity index (χ2v) is 6.45. The molecule has 0 saturated carbocycles. The number of likely N-dealkylation sites (tertiary alicyclic amines) is 1. The lowest BCUT2D eigenvalue weighted by Crippen LogP contribution is -2.41. The van der Waals surface area contributed by atoms with Crippen LogP contribution in [0.3, 0.4) is 0 Å². The van der Waals surface area contributed by atoms with Crippen LogP contribution in [-0.2, 0) is 4.79 Å². The average molecular weight is 320 g/mol. The Bertz CT molecular complexity index is 582. The smallest absolute Gasteiger partial charge is 0.311 e. The fourth-order valence-electron chi connectivity index (χ4n) is 3.95. The molecule has 126 valence electrons. The number of hydrogen-bond acceptors (Lipinski definition) is 6. The summed E-state index contributed by atoms with van der Waals surface area (Å²) < 4.78 is 5.18. The van der Waals surface area contributed by atoms with Gasteiger partial charge in [-0.3, -0.25) is 4.79 Å². The largest absolute Gasteiger partial charge is 0.481 e. The van der Waals surface area contributed by atoms with Gasteiger partial charge in [0.2, 0.25) is 5.88 Å². The van der Waals surface area contributed by atoms with Crippen molar-refractivity contribution in [2.24, 2.45) is 11.3 Å². The molecule has 1 aromatic rings. The first-order valence-corrected chi connectivity index (χ1v) is 8.16. The van der Waals surface area contributed by atoms with Gasteiger partial charge in [-0.05, 0) is 19.4 Å². The molecule has 0 radical (unpaired) electrons. The molecule has 0 spiro atoms. The van der Waals surface area contributed by atoms with E-state index < -0.39 is 11.4 Å². The maximum absolute atomic E-state index is 12.0. The van der Waals surface area contributed by atoms with E-state index in [4.69, 9.17) is 4.74 Å². The number of aromatic nitrogens is 2. The van der Waals surface area contributed by atoms with Crippen LogP contribution in [-0.4, -0.2) is 65.8 Å². The molecule has 7 nitrogen and oxygen atoms in total. The van der Waals surface area contributed by atoms with Crippen LogP contribution in [0.4, 0.5) is 5.82 Å². The summed E-state index contributed by atoms with van der Waals surface area (Å²) in [6.45, 7) is 6.01. The molecule has 0 amide bonds. The Balaban J connectivity index is 1.86. The van der Waals surface area contributed by atoms with Gasteiger partial charge in [0.15, 0.2) is 0 Å². The Morgan fingerprint density at radius 1 is 1.48 bits per heavy atom. The molecule has 1 N–H and O–H groups in total. The fourth-order valence-corrected chi connectivity index (χ4v) is 3.95. The molecule has 0 aromatic carbocycles. The van der Waals surface area contributed by atoms with E-state index in [2.05, 4.69) is 26.7 Å². The highest BCUT2D eigenvalue weighted by Gasteiger charge is 2.53. The highest BCUT2D eigenvalue weighted by Crippen LogP contribution is 2.43. The molecule has 2 atom stereocenters. The van der Waals surface area contributed by atoms with Gasteiger partial charge in [-0.1, -0.05) is 6.92 Å². The molecule has 2 aliphatic heterocycles. The number of aliphatic carboxylic acids is 1. The maximum atomic E-state index is 12.0. The van der Waals surface area contributed by atoms with Gasteiger partial charge in [0, 0.05) is 38.2 Å². The minimum Gasteiger partial charge on any atom is -0.481 e. The van der Waals surface area contributed by atoms with Gasteiger partial charge < -0.3 is 19.6 Å². The van der Waals surface area contributed by atoms with Gasteiger partial charge in [-0.15, -0.1) is 0 Å². The second-order valence-electron chi connectivity index (χ2n) is 6.45. The third kappa shape index (κ3) is 2.85. The number of rotatable bonds is 4. The van der Waals surface area contributed by atoms with Gasteiger partial charge in [0.25, 0.3) is 0 Å². The van der Waals surface area contributed by atoms with Gasteiger partial charge in [-0.2, -0.15) is 0 Å². The topological polar surface area (TPSA) is 78.8 Å². The summed E-state index contributed by atoms with van der Waals surface area (Å²) in [4.78, 5) is 24.9. The molecule has 7 heteroatoms. The summed E-state index contributed by atoms with van der Waals surface area (Å²) in [5, 5.41) is 9.89. The predicted octanol–water partition coefficient (Wildman–Crippen LogP) is 1.11. The van der Waals surface area contributed by atoms with Gasteiger partial charge in [-0.25, -0.2) is 9.97 Å². The van der Waals surface area contributed by atoms with Crippen LogP contribution in [0.1, 0.15) is 19.8 Å². The van der Waals surface area contributed by atoms with Crippen LogP contribution in [0.2, 0.25) is 0 Å². The van der Waals surface area contributed by atoms with E-state index in [1.54, 1.807) is 7.11 Å². The number of hydrogen-bond donors (Lipinski definition) is 1. The first kappa shape index (κ1) is 16.0. The first-order valence-electron chi connectivity index (χ1n) is 8.16. The lowest BCUT2D eigenvalue weighted by molar-refractivity contribution is -0.150. The van der Waals surface area contributed by atoms with Crippen molar-refractivity contribution in [2.75, 3.05) is 44.7 Å². The number of carboxylic acid groups (broad SMARTS) is 1. The molecule has 3 rings (SSSR count). The number of fused-ring (bicyclic) bond motifs is 1. The lowest BCUT2D eigenvalue weighted by Gasteiger charge is -2.30. The van der Waals surface area contributed by atoms with Crippen molar-refractivity contribution in [1.29, 1.82) is 0 Å². The van der Waals surface area contributed by atoms with E-state index in [0.717, 1.165) is 38.3 Å². The first-order chi connectivity index (χ1) is 11.1. The van der Waals surface area contributed by atoms with Crippen molar-refractivity contribution in [3.63, 3.8) is 0 Å². The summed E-state index contributed by atoms with van der Waals surface area (Å²) in [5.74, 6) is 0.808. The second kappa shape index (κ2) is 6.31. The van der Waals surface area contributed by atoms with Crippen molar-refractivity contribution in [1.82, 2.24) is 14.9 Å². The quantitative estimate of drug-likeness (QED) is 0.890. The molecule has 0 unspecified atom stereocenters. The number of carbonyl (C=O) groups is 1. The van der Waals surface area contributed by atoms with E-state index in [9.17, 15) is 9.90 Å². The number of ether oxygens (including phenoxy) is 1. The van der Waals surface area contributed by atoms with Crippen molar-refractivity contribution in [2.45, 2.75) is 19.8 Å². The summed E-state index contributed by atoms with van der Waals surface area (Å²) in [6, 6.07) is 1.82. The van der Waals surface area contributed by atoms with Crippen molar-refractivity contribution in [3.8, 4) is 5.88 Å². The van der Waals surface area contributed by atoms with E-state index in [1.807, 2.05) is 6.07 Å². The minimum atomic E-state index is -0.652. The minimum absolute atomic E-state index is 0.114. The maximum Gasteiger partial charge on any atom is 0.311 e. The zero-order valence-corrected chi connectivity index (χ0v) is 13.7. The van der Waals surface area contributed by atoms with Crippen LogP contribution in [0.15, 0.2) is 12.4 Å². The normalized spacial score (nSPS) is 28.3. The highest BCUT2D eigenvalue weighted by molar-refractivity contribution is 5.76. The molecule has 1 aromatic heterocycles. The Labute approximate surface area is 136 Å². The van der Waals surface area contributed by atoms with Crippen LogP contribution in [0, 0.1) is 11.3 Å². The predicted molar refractivity (Wildman–Crippen MR) is 85.7 cm³/mol. The lowest BCUT2D eigenvalue weighted by atomic mass is 9.75. The Morgan fingerprint density at radius 2 is 2.30 bits per heavy atom. The SMILES string of the molecule is CCN1C[C@@H]2CN(c3cc(OC)ncn3)CCC[C@]2(C(=O)O)C1. The van der Waals surface area contributed by atoms with Crippen LogP contribution in [0.25, 0.3) is 0 Å². The van der Waals surface area contributed by atoms with E-state index in [1.165, 1.54) is 6.33 Å². The molecular formula is C16H24N4O3. The molecule has 2 fully saturated rings. The molecule has 0 aliphatic carbocycles. The summed E-state index contributed by atoms with van der Waals surface area (Å²) >= 11 is 0. The number of carboxylic acids is 1. The number of anilines is 1.